The number of hydrogen-bond donors (Lipinski definition) is 1. The van der Waals surface area contributed by atoms with E-state index in [-0.39, 0.29) is 11.4 Å². The fraction of sp³-hybridized carbons (Fsp3) is 0.625. The Labute approximate surface area is 129 Å². The smallest absolute Gasteiger partial charge is 0.139 e. The van der Waals surface area contributed by atoms with Crippen molar-refractivity contribution in [1.29, 1.82) is 0 Å². The number of nitrogens with zero attached hydrogens (tertiary/aromatic N) is 1. The predicted octanol–water partition coefficient (Wildman–Crippen LogP) is 4.11. The van der Waals surface area contributed by atoms with E-state index in [0.717, 1.165) is 30.9 Å². The molecule has 1 atom stereocenters. The highest BCUT2D eigenvalue weighted by atomic mass is 79.9. The minimum absolute atomic E-state index is 0.160. The van der Waals surface area contributed by atoms with Gasteiger partial charge in [0.25, 0.3) is 0 Å². The summed E-state index contributed by atoms with van der Waals surface area (Å²) in [6.07, 6.45) is 1.17. The second kappa shape index (κ2) is 6.02. The molecule has 1 aromatic carbocycles. The van der Waals surface area contributed by atoms with Gasteiger partial charge in [0.15, 0.2) is 0 Å². The Bertz CT molecular complexity index is 482. The van der Waals surface area contributed by atoms with Gasteiger partial charge in [0.1, 0.15) is 5.82 Å². The highest BCUT2D eigenvalue weighted by molar-refractivity contribution is 9.10. The third kappa shape index (κ3) is 3.95. The maximum atomic E-state index is 13.7. The second-order valence-electron chi connectivity index (χ2n) is 6.78. The number of benzene rings is 1. The van der Waals surface area contributed by atoms with E-state index in [9.17, 15) is 4.39 Å². The molecule has 2 rings (SSSR count). The molecule has 1 saturated heterocycles. The standard InChI is InChI=1S/C16H24BrFN2/c1-11-7-13(17)14(18)8-15(11)20-6-5-12(10-20)9-19-16(2,3)4/h7-8,12,19H,5-6,9-10H2,1-4H3. The number of nitrogens with one attached hydrogen (secondary N) is 1. The van der Waals surface area contributed by atoms with Crippen molar-refractivity contribution in [1.82, 2.24) is 5.32 Å². The van der Waals surface area contributed by atoms with Crippen molar-refractivity contribution in [2.45, 2.75) is 39.7 Å². The minimum atomic E-state index is -0.179. The summed E-state index contributed by atoms with van der Waals surface area (Å²) in [5, 5.41) is 3.56. The van der Waals surface area contributed by atoms with Gasteiger partial charge >= 0.3 is 0 Å². The number of halogens is 2. The third-order valence-corrected chi connectivity index (χ3v) is 4.39. The third-order valence-electron chi connectivity index (χ3n) is 3.79. The Morgan fingerprint density at radius 1 is 1.40 bits per heavy atom. The molecule has 1 N–H and O–H groups in total. The van der Waals surface area contributed by atoms with Crippen molar-refractivity contribution >= 4 is 21.6 Å². The fourth-order valence-electron chi connectivity index (χ4n) is 2.65. The number of aryl methyl sites for hydroxylation is 1. The molecule has 20 heavy (non-hydrogen) atoms. The lowest BCUT2D eigenvalue weighted by molar-refractivity contribution is 0.383. The molecule has 2 nitrogen and oxygen atoms in total. The molecule has 4 heteroatoms. The molecule has 1 aliphatic rings. The van der Waals surface area contributed by atoms with Gasteiger partial charge in [-0.2, -0.15) is 0 Å². The van der Waals surface area contributed by atoms with Crippen LogP contribution < -0.4 is 10.2 Å². The van der Waals surface area contributed by atoms with Crippen LogP contribution in [0.4, 0.5) is 10.1 Å². The number of rotatable bonds is 3. The first-order chi connectivity index (χ1) is 9.26. The van der Waals surface area contributed by atoms with Crippen LogP contribution in [0, 0.1) is 18.7 Å². The highest BCUT2D eigenvalue weighted by Gasteiger charge is 2.25. The number of anilines is 1. The monoisotopic (exact) mass is 342 g/mol. The minimum Gasteiger partial charge on any atom is -0.371 e. The van der Waals surface area contributed by atoms with Gasteiger partial charge in [-0.05, 0) is 73.7 Å². The van der Waals surface area contributed by atoms with E-state index in [0.29, 0.717) is 10.4 Å². The summed E-state index contributed by atoms with van der Waals surface area (Å²) in [6, 6.07) is 3.52. The van der Waals surface area contributed by atoms with Crippen LogP contribution in [0.3, 0.4) is 0 Å². The zero-order valence-electron chi connectivity index (χ0n) is 12.8. The van der Waals surface area contributed by atoms with Crippen molar-refractivity contribution in [2.75, 3.05) is 24.5 Å². The van der Waals surface area contributed by atoms with Crippen LogP contribution in [0.25, 0.3) is 0 Å². The molecule has 1 unspecified atom stereocenters. The van der Waals surface area contributed by atoms with Crippen LogP contribution in [-0.4, -0.2) is 25.2 Å². The Morgan fingerprint density at radius 2 is 2.10 bits per heavy atom. The van der Waals surface area contributed by atoms with Crippen LogP contribution in [0.2, 0.25) is 0 Å². The summed E-state index contributed by atoms with van der Waals surface area (Å²) >= 11 is 3.24. The molecular formula is C16H24BrFN2. The molecule has 0 aliphatic carbocycles. The maximum Gasteiger partial charge on any atom is 0.139 e. The predicted molar refractivity (Wildman–Crippen MR) is 86.9 cm³/mol. The van der Waals surface area contributed by atoms with Crippen LogP contribution in [0.5, 0.6) is 0 Å². The summed E-state index contributed by atoms with van der Waals surface area (Å²) in [5.74, 6) is 0.460. The normalized spacial score (nSPS) is 19.7. The van der Waals surface area contributed by atoms with Crippen LogP contribution >= 0.6 is 15.9 Å². The number of hydrogen-bond acceptors (Lipinski definition) is 2. The van der Waals surface area contributed by atoms with E-state index in [1.807, 2.05) is 13.0 Å². The van der Waals surface area contributed by atoms with Gasteiger partial charge in [0, 0.05) is 30.9 Å². The van der Waals surface area contributed by atoms with Gasteiger partial charge in [-0.25, -0.2) is 4.39 Å². The molecule has 0 bridgehead atoms. The molecule has 112 valence electrons. The van der Waals surface area contributed by atoms with Gasteiger partial charge < -0.3 is 10.2 Å². The van der Waals surface area contributed by atoms with Crippen molar-refractivity contribution in [2.24, 2.45) is 5.92 Å². The van der Waals surface area contributed by atoms with Crippen LogP contribution in [0.1, 0.15) is 32.8 Å². The zero-order chi connectivity index (χ0) is 14.9. The lowest BCUT2D eigenvalue weighted by atomic mass is 10.1. The van der Waals surface area contributed by atoms with Gasteiger partial charge in [-0.15, -0.1) is 0 Å². The van der Waals surface area contributed by atoms with E-state index in [1.165, 1.54) is 6.42 Å². The van der Waals surface area contributed by atoms with Gasteiger partial charge in [0.05, 0.1) is 4.47 Å². The Balaban J connectivity index is 2.01. The van der Waals surface area contributed by atoms with E-state index in [4.69, 9.17) is 0 Å². The van der Waals surface area contributed by atoms with Crippen LogP contribution in [-0.2, 0) is 0 Å². The van der Waals surface area contributed by atoms with E-state index < -0.39 is 0 Å². The van der Waals surface area contributed by atoms with Gasteiger partial charge in [0.2, 0.25) is 0 Å². The van der Waals surface area contributed by atoms with Crippen LogP contribution in [0.15, 0.2) is 16.6 Å². The Kier molecular flexibility index (Phi) is 4.75. The molecule has 0 saturated carbocycles. The summed E-state index contributed by atoms with van der Waals surface area (Å²) in [6.45, 7) is 11.7. The van der Waals surface area contributed by atoms with E-state index in [1.54, 1.807) is 6.07 Å². The SMILES string of the molecule is Cc1cc(Br)c(F)cc1N1CCC(CNC(C)(C)C)C1. The maximum absolute atomic E-state index is 13.7. The quantitative estimate of drug-likeness (QED) is 0.889. The van der Waals surface area contributed by atoms with Crippen molar-refractivity contribution in [3.8, 4) is 0 Å². The molecule has 1 aromatic rings. The first-order valence-electron chi connectivity index (χ1n) is 7.22. The molecule has 0 radical (unpaired) electrons. The molecule has 1 aliphatic heterocycles. The Hall–Kier alpha value is -0.610. The molecule has 1 heterocycles. The summed E-state index contributed by atoms with van der Waals surface area (Å²) in [4.78, 5) is 2.31. The molecule has 1 fully saturated rings. The average molecular weight is 343 g/mol. The van der Waals surface area contributed by atoms with Crippen molar-refractivity contribution in [3.63, 3.8) is 0 Å². The Morgan fingerprint density at radius 3 is 2.75 bits per heavy atom. The topological polar surface area (TPSA) is 15.3 Å². The lowest BCUT2D eigenvalue weighted by Gasteiger charge is -2.24. The first-order valence-corrected chi connectivity index (χ1v) is 8.01. The first kappa shape index (κ1) is 15.8. The summed E-state index contributed by atoms with van der Waals surface area (Å²) < 4.78 is 14.3. The summed E-state index contributed by atoms with van der Waals surface area (Å²) in [7, 11) is 0. The fourth-order valence-corrected chi connectivity index (χ4v) is 3.10. The molecule has 0 amide bonds. The lowest BCUT2D eigenvalue weighted by Crippen LogP contribution is -2.39. The van der Waals surface area contributed by atoms with E-state index in [2.05, 4.69) is 46.9 Å². The highest BCUT2D eigenvalue weighted by Crippen LogP contribution is 2.30. The zero-order valence-corrected chi connectivity index (χ0v) is 14.3. The largest absolute Gasteiger partial charge is 0.371 e. The summed E-state index contributed by atoms with van der Waals surface area (Å²) in [5.41, 5.74) is 2.32. The molecule has 0 spiro atoms. The van der Waals surface area contributed by atoms with E-state index >= 15 is 0 Å². The average Bonchev–Trinajstić information content (AvgIpc) is 2.79. The molecular weight excluding hydrogens is 319 g/mol. The van der Waals surface area contributed by atoms with Crippen molar-refractivity contribution < 1.29 is 4.39 Å². The van der Waals surface area contributed by atoms with Gasteiger partial charge in [-0.1, -0.05) is 0 Å². The second-order valence-corrected chi connectivity index (χ2v) is 7.64. The van der Waals surface area contributed by atoms with Crippen molar-refractivity contribution in [3.05, 3.63) is 28.0 Å². The van der Waals surface area contributed by atoms with Gasteiger partial charge in [-0.3, -0.25) is 0 Å². The molecule has 0 aromatic heterocycles.